The predicted molar refractivity (Wildman–Crippen MR) is 79.3 cm³/mol. The van der Waals surface area contributed by atoms with Crippen molar-refractivity contribution in [3.63, 3.8) is 0 Å². The molecule has 1 aliphatic rings. The van der Waals surface area contributed by atoms with Gasteiger partial charge in [-0.1, -0.05) is 12.1 Å². The molecule has 2 rings (SSSR count). The highest BCUT2D eigenvalue weighted by molar-refractivity contribution is 7.98. The van der Waals surface area contributed by atoms with Crippen LogP contribution in [0.25, 0.3) is 0 Å². The maximum absolute atomic E-state index is 3.49. The minimum Gasteiger partial charge on any atom is -0.314 e. The molecule has 3 nitrogen and oxygen atoms in total. The van der Waals surface area contributed by atoms with Gasteiger partial charge in [0.2, 0.25) is 0 Å². The molecule has 1 aromatic carbocycles. The highest BCUT2D eigenvalue weighted by Crippen LogP contribution is 2.23. The first kappa shape index (κ1) is 13.9. The number of nitrogens with one attached hydrogen (secondary N) is 2. The summed E-state index contributed by atoms with van der Waals surface area (Å²) < 4.78 is 0. The van der Waals surface area contributed by atoms with E-state index in [0.29, 0.717) is 12.1 Å². The Balaban J connectivity index is 2.15. The summed E-state index contributed by atoms with van der Waals surface area (Å²) in [6.45, 7) is 3.26. The van der Waals surface area contributed by atoms with Gasteiger partial charge in [0, 0.05) is 36.6 Å². The second-order valence-corrected chi connectivity index (χ2v) is 5.67. The molecule has 4 heteroatoms. The summed E-state index contributed by atoms with van der Waals surface area (Å²) >= 11 is 1.79. The van der Waals surface area contributed by atoms with Crippen LogP contribution >= 0.6 is 11.8 Å². The van der Waals surface area contributed by atoms with Gasteiger partial charge in [-0.25, -0.2) is 0 Å². The molecule has 0 saturated carbocycles. The van der Waals surface area contributed by atoms with Crippen molar-refractivity contribution in [3.05, 3.63) is 29.8 Å². The topological polar surface area (TPSA) is 27.3 Å². The smallest absolute Gasteiger partial charge is 0.0488 e. The lowest BCUT2D eigenvalue weighted by molar-refractivity contribution is 0.162. The number of nitrogens with zero attached hydrogens (tertiary/aromatic N) is 1. The number of piperazine rings is 1. The predicted octanol–water partition coefficient (Wildman–Crippen LogP) is 1.57. The molecular weight excluding hydrogens is 242 g/mol. The average Bonchev–Trinajstić information content (AvgIpc) is 2.42. The summed E-state index contributed by atoms with van der Waals surface area (Å²) in [6.07, 6.45) is 2.11. The van der Waals surface area contributed by atoms with Crippen molar-refractivity contribution in [2.45, 2.75) is 17.0 Å². The third-order valence-corrected chi connectivity index (χ3v) is 4.48. The Labute approximate surface area is 114 Å². The van der Waals surface area contributed by atoms with Crippen molar-refractivity contribution in [2.75, 3.05) is 40.0 Å². The molecule has 1 fully saturated rings. The number of hydrogen-bond acceptors (Lipinski definition) is 4. The van der Waals surface area contributed by atoms with Gasteiger partial charge in [-0.15, -0.1) is 11.8 Å². The fourth-order valence-electron chi connectivity index (χ4n) is 2.59. The summed E-state index contributed by atoms with van der Waals surface area (Å²) in [5.74, 6) is 0. The van der Waals surface area contributed by atoms with Crippen molar-refractivity contribution >= 4 is 11.8 Å². The summed E-state index contributed by atoms with van der Waals surface area (Å²) in [4.78, 5) is 3.77. The SMILES string of the molecule is CNC(c1ccc(SC)cc1)C1CNCCN1C. The molecule has 1 aromatic rings. The van der Waals surface area contributed by atoms with Gasteiger partial charge in [-0.3, -0.25) is 4.90 Å². The van der Waals surface area contributed by atoms with Crippen LogP contribution in [0.15, 0.2) is 29.2 Å². The highest BCUT2D eigenvalue weighted by atomic mass is 32.2. The number of benzene rings is 1. The number of thioether (sulfide) groups is 1. The van der Waals surface area contributed by atoms with Gasteiger partial charge < -0.3 is 10.6 Å². The van der Waals surface area contributed by atoms with Gasteiger partial charge in [-0.05, 0) is 38.0 Å². The molecule has 100 valence electrons. The van der Waals surface area contributed by atoms with Crippen LogP contribution in [-0.2, 0) is 0 Å². The Morgan fingerprint density at radius 1 is 1.39 bits per heavy atom. The van der Waals surface area contributed by atoms with E-state index in [9.17, 15) is 0 Å². The molecule has 1 aliphatic heterocycles. The number of hydrogen-bond donors (Lipinski definition) is 2. The fourth-order valence-corrected chi connectivity index (χ4v) is 3.00. The molecular formula is C14H23N3S. The lowest BCUT2D eigenvalue weighted by atomic mass is 9.97. The number of likely N-dealkylation sites (N-methyl/N-ethyl adjacent to an activating group) is 2. The molecule has 2 atom stereocenters. The molecule has 1 saturated heterocycles. The fraction of sp³-hybridized carbons (Fsp3) is 0.571. The highest BCUT2D eigenvalue weighted by Gasteiger charge is 2.27. The minimum absolute atomic E-state index is 0.388. The Kier molecular flexibility index (Phi) is 5.06. The summed E-state index contributed by atoms with van der Waals surface area (Å²) in [5.41, 5.74) is 1.37. The van der Waals surface area contributed by atoms with E-state index in [1.54, 1.807) is 11.8 Å². The van der Waals surface area contributed by atoms with Crippen LogP contribution in [0.5, 0.6) is 0 Å². The molecule has 0 bridgehead atoms. The first-order valence-electron chi connectivity index (χ1n) is 6.48. The van der Waals surface area contributed by atoms with Crippen LogP contribution in [0.2, 0.25) is 0 Å². The molecule has 2 N–H and O–H groups in total. The van der Waals surface area contributed by atoms with E-state index in [2.05, 4.69) is 60.2 Å². The van der Waals surface area contributed by atoms with Gasteiger partial charge in [-0.2, -0.15) is 0 Å². The van der Waals surface area contributed by atoms with E-state index in [-0.39, 0.29) is 0 Å². The van der Waals surface area contributed by atoms with Crippen molar-refractivity contribution in [1.82, 2.24) is 15.5 Å². The van der Waals surface area contributed by atoms with Crippen molar-refractivity contribution in [3.8, 4) is 0 Å². The molecule has 18 heavy (non-hydrogen) atoms. The van der Waals surface area contributed by atoms with Gasteiger partial charge in [0.05, 0.1) is 0 Å². The normalized spacial score (nSPS) is 22.9. The Bertz CT molecular complexity index is 366. The second-order valence-electron chi connectivity index (χ2n) is 4.79. The zero-order valence-electron chi connectivity index (χ0n) is 11.4. The number of rotatable bonds is 4. The molecule has 0 aromatic heterocycles. The van der Waals surface area contributed by atoms with Crippen LogP contribution in [0.3, 0.4) is 0 Å². The van der Waals surface area contributed by atoms with E-state index in [1.807, 2.05) is 0 Å². The van der Waals surface area contributed by atoms with Crippen molar-refractivity contribution in [1.29, 1.82) is 0 Å². The van der Waals surface area contributed by atoms with E-state index in [1.165, 1.54) is 10.5 Å². The molecule has 1 heterocycles. The van der Waals surface area contributed by atoms with E-state index >= 15 is 0 Å². The van der Waals surface area contributed by atoms with E-state index < -0.39 is 0 Å². The first-order valence-corrected chi connectivity index (χ1v) is 7.71. The van der Waals surface area contributed by atoms with Crippen LogP contribution in [0.1, 0.15) is 11.6 Å². The van der Waals surface area contributed by atoms with E-state index in [0.717, 1.165) is 19.6 Å². The summed E-state index contributed by atoms with van der Waals surface area (Å²) in [7, 11) is 4.27. The van der Waals surface area contributed by atoms with Gasteiger partial charge >= 0.3 is 0 Å². The standard InChI is InChI=1S/C14H23N3S/c1-15-14(13-10-16-8-9-17(13)2)11-4-6-12(18-3)7-5-11/h4-7,13-16H,8-10H2,1-3H3. The first-order chi connectivity index (χ1) is 8.76. The third kappa shape index (κ3) is 3.06. The van der Waals surface area contributed by atoms with Crippen LogP contribution in [-0.4, -0.2) is 50.9 Å². The molecule has 0 spiro atoms. The molecule has 0 aliphatic carbocycles. The van der Waals surface area contributed by atoms with Gasteiger partial charge in [0.15, 0.2) is 0 Å². The molecule has 0 radical (unpaired) electrons. The minimum atomic E-state index is 0.388. The molecule has 0 amide bonds. The zero-order chi connectivity index (χ0) is 13.0. The summed E-state index contributed by atoms with van der Waals surface area (Å²) in [6, 6.07) is 9.81. The Hall–Kier alpha value is -0.550. The van der Waals surface area contributed by atoms with E-state index in [4.69, 9.17) is 0 Å². The summed E-state index contributed by atoms with van der Waals surface area (Å²) in [5, 5.41) is 6.95. The van der Waals surface area contributed by atoms with Gasteiger partial charge in [0.25, 0.3) is 0 Å². The Morgan fingerprint density at radius 3 is 2.67 bits per heavy atom. The second kappa shape index (κ2) is 6.57. The maximum Gasteiger partial charge on any atom is 0.0488 e. The van der Waals surface area contributed by atoms with Crippen molar-refractivity contribution < 1.29 is 0 Å². The Morgan fingerprint density at radius 2 is 2.11 bits per heavy atom. The van der Waals surface area contributed by atoms with Crippen LogP contribution < -0.4 is 10.6 Å². The van der Waals surface area contributed by atoms with Crippen LogP contribution in [0.4, 0.5) is 0 Å². The van der Waals surface area contributed by atoms with Gasteiger partial charge in [0.1, 0.15) is 0 Å². The molecule has 2 unspecified atom stereocenters. The lowest BCUT2D eigenvalue weighted by Gasteiger charge is -2.38. The quantitative estimate of drug-likeness (QED) is 0.808. The van der Waals surface area contributed by atoms with Crippen molar-refractivity contribution in [2.24, 2.45) is 0 Å². The zero-order valence-corrected chi connectivity index (χ0v) is 12.3. The lowest BCUT2D eigenvalue weighted by Crippen LogP contribution is -2.54. The maximum atomic E-state index is 3.49. The third-order valence-electron chi connectivity index (χ3n) is 3.73. The van der Waals surface area contributed by atoms with Crippen LogP contribution in [0, 0.1) is 0 Å². The largest absolute Gasteiger partial charge is 0.314 e. The average molecular weight is 265 g/mol. The monoisotopic (exact) mass is 265 g/mol.